The summed E-state index contributed by atoms with van der Waals surface area (Å²) in [6.07, 6.45) is 0.224. The number of aryl methyl sites for hydroxylation is 2. The predicted molar refractivity (Wildman–Crippen MR) is 125 cm³/mol. The molecule has 2 aromatic heterocycles. The molecule has 3 aromatic rings. The number of pyridine rings is 1. The topological polar surface area (TPSA) is 67.3 Å². The van der Waals surface area contributed by atoms with Gasteiger partial charge in [-0.15, -0.1) is 0 Å². The van der Waals surface area contributed by atoms with Gasteiger partial charge in [-0.1, -0.05) is 23.5 Å². The maximum absolute atomic E-state index is 14.0. The molecule has 3 heterocycles. The fraction of sp³-hybridized carbons (Fsp3) is 0.375. The number of thiazole rings is 1. The zero-order chi connectivity index (χ0) is 22.8. The monoisotopic (exact) mass is 454 g/mol. The largest absolute Gasteiger partial charge is 0.372 e. The molecule has 168 valence electrons. The average Bonchev–Trinajstić information content (AvgIpc) is 3.15. The van der Waals surface area contributed by atoms with Crippen molar-refractivity contribution in [3.63, 3.8) is 0 Å². The highest BCUT2D eigenvalue weighted by Crippen LogP contribution is 2.36. The van der Waals surface area contributed by atoms with E-state index >= 15 is 0 Å². The number of aromatic nitrogens is 2. The molecule has 2 atom stereocenters. The number of nitrogens with zero attached hydrogens (tertiary/aromatic N) is 3. The lowest BCUT2D eigenvalue weighted by molar-refractivity contribution is -0.00523. The van der Waals surface area contributed by atoms with Crippen molar-refractivity contribution >= 4 is 22.4 Å². The fourth-order valence-corrected chi connectivity index (χ4v) is 5.11. The molecule has 1 N–H and O–H groups in total. The maximum atomic E-state index is 14.0. The lowest BCUT2D eigenvalue weighted by atomic mass is 10.1. The van der Waals surface area contributed by atoms with Crippen LogP contribution in [0.15, 0.2) is 36.4 Å². The number of anilines is 1. The van der Waals surface area contributed by atoms with Gasteiger partial charge in [0, 0.05) is 24.5 Å². The lowest BCUT2D eigenvalue weighted by Gasteiger charge is -2.35. The molecule has 6 nitrogen and oxygen atoms in total. The van der Waals surface area contributed by atoms with Gasteiger partial charge in [0.2, 0.25) is 0 Å². The Balaban J connectivity index is 1.65. The summed E-state index contributed by atoms with van der Waals surface area (Å²) in [5, 5.41) is 3.73. The first-order valence-electron chi connectivity index (χ1n) is 10.7. The summed E-state index contributed by atoms with van der Waals surface area (Å²) in [7, 11) is 0. The van der Waals surface area contributed by atoms with Gasteiger partial charge in [0.15, 0.2) is 5.13 Å². The zero-order valence-electron chi connectivity index (χ0n) is 18.7. The smallest absolute Gasteiger partial charge is 0.254 e. The quantitative estimate of drug-likeness (QED) is 0.615. The molecule has 4 rings (SSSR count). The van der Waals surface area contributed by atoms with E-state index in [4.69, 9.17) is 9.72 Å². The van der Waals surface area contributed by atoms with Crippen LogP contribution in [0.25, 0.3) is 10.4 Å². The lowest BCUT2D eigenvalue weighted by Crippen LogP contribution is -2.45. The van der Waals surface area contributed by atoms with Crippen molar-refractivity contribution in [3.05, 3.63) is 64.9 Å². The molecule has 1 aliphatic heterocycles. The summed E-state index contributed by atoms with van der Waals surface area (Å²) < 4.78 is 19.9. The molecule has 1 aliphatic rings. The SMILES string of the molecule is Cc1cc(-c2sc(N3C[C@@H](C)O[C@@H](C)C3)nc2CNC(=O)c2ccccc2F)cc(C)n1. The van der Waals surface area contributed by atoms with E-state index in [1.807, 2.05) is 26.0 Å². The zero-order valence-corrected chi connectivity index (χ0v) is 19.5. The minimum absolute atomic E-state index is 0.0240. The Labute approximate surface area is 191 Å². The minimum Gasteiger partial charge on any atom is -0.372 e. The number of hydrogen-bond donors (Lipinski definition) is 1. The molecule has 0 radical (unpaired) electrons. The number of rotatable bonds is 5. The second kappa shape index (κ2) is 9.34. The summed E-state index contributed by atoms with van der Waals surface area (Å²) >= 11 is 1.60. The maximum Gasteiger partial charge on any atom is 0.254 e. The van der Waals surface area contributed by atoms with Crippen molar-refractivity contribution in [1.29, 1.82) is 0 Å². The van der Waals surface area contributed by atoms with Gasteiger partial charge in [-0.2, -0.15) is 0 Å². The Morgan fingerprint density at radius 2 is 1.81 bits per heavy atom. The van der Waals surface area contributed by atoms with Crippen molar-refractivity contribution < 1.29 is 13.9 Å². The van der Waals surface area contributed by atoms with Gasteiger partial charge in [-0.25, -0.2) is 9.37 Å². The first-order valence-corrected chi connectivity index (χ1v) is 11.5. The van der Waals surface area contributed by atoms with E-state index < -0.39 is 11.7 Å². The van der Waals surface area contributed by atoms with Gasteiger partial charge in [0.05, 0.1) is 34.9 Å². The second-order valence-electron chi connectivity index (χ2n) is 8.24. The molecular weight excluding hydrogens is 427 g/mol. The van der Waals surface area contributed by atoms with Crippen LogP contribution < -0.4 is 10.2 Å². The van der Waals surface area contributed by atoms with Gasteiger partial charge in [-0.3, -0.25) is 9.78 Å². The molecule has 0 unspecified atom stereocenters. The van der Waals surface area contributed by atoms with Crippen LogP contribution in [0.2, 0.25) is 0 Å². The van der Waals surface area contributed by atoms with Gasteiger partial charge < -0.3 is 15.0 Å². The molecule has 0 aliphatic carbocycles. The van der Waals surface area contributed by atoms with E-state index in [0.29, 0.717) is 0 Å². The number of carbonyl (C=O) groups excluding carboxylic acids is 1. The Morgan fingerprint density at radius 3 is 2.47 bits per heavy atom. The van der Waals surface area contributed by atoms with Gasteiger partial charge >= 0.3 is 0 Å². The standard InChI is InChI=1S/C24H27FN4O2S/c1-14-9-18(10-15(2)27-14)22-21(11-26-23(30)19-7-5-6-8-20(19)25)28-24(32-22)29-12-16(3)31-17(4)13-29/h5-10,16-17H,11-13H2,1-4H3,(H,26,30)/t16-,17+. The molecule has 0 bridgehead atoms. The molecule has 1 saturated heterocycles. The first-order chi connectivity index (χ1) is 15.3. The number of amides is 1. The predicted octanol–water partition coefficient (Wildman–Crippen LogP) is 4.50. The third kappa shape index (κ3) is 4.97. The second-order valence-corrected chi connectivity index (χ2v) is 9.21. The van der Waals surface area contributed by atoms with Crippen LogP contribution in [0.3, 0.4) is 0 Å². The Hall–Kier alpha value is -2.84. The van der Waals surface area contributed by atoms with Crippen LogP contribution in [0.1, 0.15) is 41.3 Å². The van der Waals surface area contributed by atoms with E-state index in [1.54, 1.807) is 23.5 Å². The molecule has 8 heteroatoms. The van der Waals surface area contributed by atoms with E-state index in [1.165, 1.54) is 12.1 Å². The van der Waals surface area contributed by atoms with Crippen molar-refractivity contribution in [1.82, 2.24) is 15.3 Å². The highest BCUT2D eigenvalue weighted by Gasteiger charge is 2.26. The van der Waals surface area contributed by atoms with Crippen LogP contribution in [0.4, 0.5) is 9.52 Å². The van der Waals surface area contributed by atoms with Crippen LogP contribution in [0.5, 0.6) is 0 Å². The number of nitrogens with one attached hydrogen (secondary N) is 1. The normalized spacial score (nSPS) is 18.6. The highest BCUT2D eigenvalue weighted by molar-refractivity contribution is 7.19. The summed E-state index contributed by atoms with van der Waals surface area (Å²) in [5.74, 6) is -1.000. The van der Waals surface area contributed by atoms with E-state index in [0.717, 1.165) is 45.7 Å². The number of benzene rings is 1. The molecule has 1 fully saturated rings. The summed E-state index contributed by atoms with van der Waals surface area (Å²) in [5.41, 5.74) is 3.64. The number of halogens is 1. The van der Waals surface area contributed by atoms with Crippen LogP contribution in [0, 0.1) is 19.7 Å². The van der Waals surface area contributed by atoms with Crippen molar-refractivity contribution in [2.75, 3.05) is 18.0 Å². The Bertz CT molecular complexity index is 1100. The summed E-state index contributed by atoms with van der Waals surface area (Å²) in [6, 6.07) is 10.0. The van der Waals surface area contributed by atoms with E-state index in [2.05, 4.69) is 29.0 Å². The van der Waals surface area contributed by atoms with Gasteiger partial charge in [0.25, 0.3) is 5.91 Å². The van der Waals surface area contributed by atoms with Crippen LogP contribution in [-0.4, -0.2) is 41.2 Å². The van der Waals surface area contributed by atoms with E-state index in [9.17, 15) is 9.18 Å². The van der Waals surface area contributed by atoms with Gasteiger partial charge in [-0.05, 0) is 57.5 Å². The average molecular weight is 455 g/mol. The first kappa shape index (κ1) is 22.4. The molecular formula is C24H27FN4O2S. The fourth-order valence-electron chi connectivity index (χ4n) is 4.02. The minimum atomic E-state index is -0.541. The third-order valence-corrected chi connectivity index (χ3v) is 6.46. The summed E-state index contributed by atoms with van der Waals surface area (Å²) in [4.78, 5) is 25.2. The van der Waals surface area contributed by atoms with Crippen molar-refractivity contribution in [3.8, 4) is 10.4 Å². The van der Waals surface area contributed by atoms with Crippen LogP contribution >= 0.6 is 11.3 Å². The van der Waals surface area contributed by atoms with Crippen molar-refractivity contribution in [2.24, 2.45) is 0 Å². The summed E-state index contributed by atoms with van der Waals surface area (Å²) in [6.45, 7) is 9.76. The third-order valence-electron chi connectivity index (χ3n) is 5.25. The van der Waals surface area contributed by atoms with Gasteiger partial charge in [0.1, 0.15) is 5.82 Å². The Morgan fingerprint density at radius 1 is 1.16 bits per heavy atom. The molecule has 1 aromatic carbocycles. The number of hydrogen-bond acceptors (Lipinski definition) is 6. The van der Waals surface area contributed by atoms with E-state index in [-0.39, 0.29) is 24.3 Å². The molecule has 1 amide bonds. The Kier molecular flexibility index (Phi) is 6.53. The number of ether oxygens (including phenoxy) is 1. The van der Waals surface area contributed by atoms with Crippen molar-refractivity contribution in [2.45, 2.75) is 46.4 Å². The molecule has 0 spiro atoms. The molecule has 0 saturated carbocycles. The molecule has 32 heavy (non-hydrogen) atoms. The number of morpholine rings is 1. The van der Waals surface area contributed by atoms with Crippen LogP contribution in [-0.2, 0) is 11.3 Å². The highest BCUT2D eigenvalue weighted by atomic mass is 32.1. The number of carbonyl (C=O) groups is 1.